The Bertz CT molecular complexity index is 266. The third-order valence-electron chi connectivity index (χ3n) is 2.34. The summed E-state index contributed by atoms with van der Waals surface area (Å²) in [6.45, 7) is 4.20. The first-order valence-corrected chi connectivity index (χ1v) is 6.62. The van der Waals surface area contributed by atoms with Crippen LogP contribution < -0.4 is 5.73 Å². The molecule has 0 fully saturated rings. The van der Waals surface area contributed by atoms with Gasteiger partial charge in [-0.25, -0.2) is 0 Å². The van der Waals surface area contributed by atoms with Crippen LogP contribution in [0.2, 0.25) is 0 Å². The lowest BCUT2D eigenvalue weighted by molar-refractivity contribution is 0.618. The van der Waals surface area contributed by atoms with Crippen molar-refractivity contribution in [3.05, 3.63) is 29.8 Å². The van der Waals surface area contributed by atoms with Crippen molar-refractivity contribution in [2.75, 3.05) is 5.75 Å². The van der Waals surface area contributed by atoms with Crippen molar-refractivity contribution < 1.29 is 0 Å². The van der Waals surface area contributed by atoms with E-state index in [0.29, 0.717) is 6.04 Å². The summed E-state index contributed by atoms with van der Waals surface area (Å²) in [6, 6.07) is 9.10. The van der Waals surface area contributed by atoms with Crippen LogP contribution in [-0.4, -0.2) is 11.8 Å². The minimum atomic E-state index is 0.356. The lowest BCUT2D eigenvalue weighted by Crippen LogP contribution is -2.13. The predicted octanol–water partition coefficient (Wildman–Crippen LogP) is 3.60. The normalized spacial score (nSPS) is 12.7. The molecule has 0 amide bonds. The van der Waals surface area contributed by atoms with E-state index in [0.717, 1.165) is 6.42 Å². The molecule has 0 aliphatic heterocycles. The van der Waals surface area contributed by atoms with Gasteiger partial charge in [0.05, 0.1) is 0 Å². The van der Waals surface area contributed by atoms with E-state index in [1.54, 1.807) is 0 Å². The van der Waals surface area contributed by atoms with Crippen LogP contribution in [0.1, 0.15) is 31.7 Å². The SMILES string of the molecule is Cc1ccc(SCCCCC(C)N)cc1. The molecular weight excluding hydrogens is 202 g/mol. The Morgan fingerprint density at radius 3 is 2.47 bits per heavy atom. The maximum Gasteiger partial charge on any atom is 0.00721 e. The van der Waals surface area contributed by atoms with E-state index in [9.17, 15) is 0 Å². The Balaban J connectivity index is 2.12. The monoisotopic (exact) mass is 223 g/mol. The molecule has 1 aromatic carbocycles. The fourth-order valence-electron chi connectivity index (χ4n) is 1.39. The minimum absolute atomic E-state index is 0.356. The molecular formula is C13H21NS. The number of benzene rings is 1. The van der Waals surface area contributed by atoms with Crippen LogP contribution >= 0.6 is 11.8 Å². The third-order valence-corrected chi connectivity index (χ3v) is 3.44. The number of thioether (sulfide) groups is 1. The highest BCUT2D eigenvalue weighted by atomic mass is 32.2. The Labute approximate surface area is 97.4 Å². The molecule has 0 bridgehead atoms. The first-order valence-electron chi connectivity index (χ1n) is 5.63. The molecule has 2 N–H and O–H groups in total. The van der Waals surface area contributed by atoms with Gasteiger partial charge >= 0.3 is 0 Å². The zero-order valence-corrected chi connectivity index (χ0v) is 10.5. The zero-order valence-electron chi connectivity index (χ0n) is 9.70. The molecule has 0 radical (unpaired) electrons. The summed E-state index contributed by atoms with van der Waals surface area (Å²) in [7, 11) is 0. The molecule has 0 heterocycles. The number of nitrogens with two attached hydrogens (primary N) is 1. The van der Waals surface area contributed by atoms with Gasteiger partial charge < -0.3 is 5.73 Å². The third kappa shape index (κ3) is 5.85. The highest BCUT2D eigenvalue weighted by Crippen LogP contribution is 2.19. The van der Waals surface area contributed by atoms with Crippen LogP contribution in [0.5, 0.6) is 0 Å². The van der Waals surface area contributed by atoms with Gasteiger partial charge in [0.25, 0.3) is 0 Å². The minimum Gasteiger partial charge on any atom is -0.328 e. The van der Waals surface area contributed by atoms with Crippen molar-refractivity contribution in [2.24, 2.45) is 5.73 Å². The van der Waals surface area contributed by atoms with Gasteiger partial charge in [0.1, 0.15) is 0 Å². The van der Waals surface area contributed by atoms with Gasteiger partial charge in [-0.3, -0.25) is 0 Å². The summed E-state index contributed by atoms with van der Waals surface area (Å²) in [6.07, 6.45) is 3.66. The van der Waals surface area contributed by atoms with E-state index < -0.39 is 0 Å². The predicted molar refractivity (Wildman–Crippen MR) is 69.4 cm³/mol. The van der Waals surface area contributed by atoms with Crippen molar-refractivity contribution >= 4 is 11.8 Å². The maximum atomic E-state index is 5.70. The Morgan fingerprint density at radius 1 is 1.20 bits per heavy atom. The first-order chi connectivity index (χ1) is 7.18. The second kappa shape index (κ2) is 6.91. The van der Waals surface area contributed by atoms with Crippen molar-refractivity contribution in [1.29, 1.82) is 0 Å². The van der Waals surface area contributed by atoms with Gasteiger partial charge in [-0.2, -0.15) is 0 Å². The lowest BCUT2D eigenvalue weighted by atomic mass is 10.2. The quantitative estimate of drug-likeness (QED) is 0.589. The van der Waals surface area contributed by atoms with Crippen LogP contribution in [0.25, 0.3) is 0 Å². The standard InChI is InChI=1S/C13H21NS/c1-11-6-8-13(9-7-11)15-10-4-3-5-12(2)14/h6-9,12H,3-5,10,14H2,1-2H3. The molecule has 0 spiro atoms. The molecule has 1 atom stereocenters. The number of aryl methyl sites for hydroxylation is 1. The summed E-state index contributed by atoms with van der Waals surface area (Å²) >= 11 is 1.94. The summed E-state index contributed by atoms with van der Waals surface area (Å²) in [5, 5.41) is 0. The highest BCUT2D eigenvalue weighted by Gasteiger charge is 1.96. The van der Waals surface area contributed by atoms with E-state index >= 15 is 0 Å². The first kappa shape index (κ1) is 12.6. The topological polar surface area (TPSA) is 26.0 Å². The molecule has 0 saturated heterocycles. The Morgan fingerprint density at radius 2 is 1.87 bits per heavy atom. The van der Waals surface area contributed by atoms with Gasteiger partial charge in [-0.15, -0.1) is 11.8 Å². The smallest absolute Gasteiger partial charge is 0.00721 e. The molecule has 1 unspecified atom stereocenters. The molecule has 1 nitrogen and oxygen atoms in total. The fraction of sp³-hybridized carbons (Fsp3) is 0.538. The van der Waals surface area contributed by atoms with Gasteiger partial charge in [-0.05, 0) is 44.6 Å². The van der Waals surface area contributed by atoms with E-state index in [4.69, 9.17) is 5.73 Å². The average Bonchev–Trinajstić information content (AvgIpc) is 2.20. The lowest BCUT2D eigenvalue weighted by Gasteiger charge is -2.04. The van der Waals surface area contributed by atoms with Crippen LogP contribution in [-0.2, 0) is 0 Å². The number of hydrogen-bond donors (Lipinski definition) is 1. The molecule has 1 rings (SSSR count). The van der Waals surface area contributed by atoms with E-state index in [1.165, 1.54) is 29.1 Å². The van der Waals surface area contributed by atoms with E-state index in [1.807, 2.05) is 11.8 Å². The largest absolute Gasteiger partial charge is 0.328 e. The van der Waals surface area contributed by atoms with Gasteiger partial charge in [0, 0.05) is 10.9 Å². The second-order valence-electron chi connectivity index (χ2n) is 4.13. The molecule has 2 heteroatoms. The maximum absolute atomic E-state index is 5.70. The van der Waals surface area contributed by atoms with Crippen LogP contribution in [0.15, 0.2) is 29.2 Å². The summed E-state index contributed by atoms with van der Waals surface area (Å²) < 4.78 is 0. The molecule has 0 aromatic heterocycles. The summed E-state index contributed by atoms with van der Waals surface area (Å²) in [5.41, 5.74) is 7.03. The molecule has 1 aromatic rings. The van der Waals surface area contributed by atoms with Crippen LogP contribution in [0, 0.1) is 6.92 Å². The number of rotatable bonds is 6. The molecule has 84 valence electrons. The van der Waals surface area contributed by atoms with Gasteiger partial charge in [0.2, 0.25) is 0 Å². The van der Waals surface area contributed by atoms with Gasteiger partial charge in [-0.1, -0.05) is 24.1 Å². The molecule has 0 saturated carbocycles. The van der Waals surface area contributed by atoms with Crippen molar-refractivity contribution in [3.63, 3.8) is 0 Å². The van der Waals surface area contributed by atoms with Crippen molar-refractivity contribution in [2.45, 2.75) is 44.0 Å². The summed E-state index contributed by atoms with van der Waals surface area (Å²) in [4.78, 5) is 1.38. The zero-order chi connectivity index (χ0) is 11.1. The number of hydrogen-bond acceptors (Lipinski definition) is 2. The van der Waals surface area contributed by atoms with Crippen molar-refractivity contribution in [1.82, 2.24) is 0 Å². The van der Waals surface area contributed by atoms with Crippen molar-refractivity contribution in [3.8, 4) is 0 Å². The van der Waals surface area contributed by atoms with E-state index in [-0.39, 0.29) is 0 Å². The highest BCUT2D eigenvalue weighted by molar-refractivity contribution is 7.99. The fourth-order valence-corrected chi connectivity index (χ4v) is 2.31. The summed E-state index contributed by atoms with van der Waals surface area (Å²) in [5.74, 6) is 1.20. The van der Waals surface area contributed by atoms with Crippen LogP contribution in [0.3, 0.4) is 0 Å². The Kier molecular flexibility index (Phi) is 5.81. The average molecular weight is 223 g/mol. The second-order valence-corrected chi connectivity index (χ2v) is 5.30. The molecule has 0 aliphatic carbocycles. The van der Waals surface area contributed by atoms with Crippen LogP contribution in [0.4, 0.5) is 0 Å². The Hall–Kier alpha value is -0.470. The number of unbranched alkanes of at least 4 members (excludes halogenated alkanes) is 1. The molecule has 15 heavy (non-hydrogen) atoms. The molecule has 0 aliphatic rings. The van der Waals surface area contributed by atoms with E-state index in [2.05, 4.69) is 38.1 Å². The van der Waals surface area contributed by atoms with Gasteiger partial charge in [0.15, 0.2) is 0 Å².